The van der Waals surface area contributed by atoms with E-state index in [0.29, 0.717) is 35.7 Å². The van der Waals surface area contributed by atoms with Gasteiger partial charge < -0.3 is 14.5 Å². The first-order valence-corrected chi connectivity index (χ1v) is 9.12. The summed E-state index contributed by atoms with van der Waals surface area (Å²) in [6.45, 7) is 6.52. The minimum Gasteiger partial charge on any atom is -0.444 e. The molecule has 1 saturated heterocycles. The van der Waals surface area contributed by atoms with E-state index in [0.717, 1.165) is 6.20 Å². The predicted octanol–water partition coefficient (Wildman–Crippen LogP) is 2.67. The molecule has 4 heterocycles. The number of rotatable bonds is 3. The predicted molar refractivity (Wildman–Crippen MR) is 101 cm³/mol. The summed E-state index contributed by atoms with van der Waals surface area (Å²) in [6.07, 6.45) is -0.445. The third-order valence-electron chi connectivity index (χ3n) is 4.73. The second-order valence-electron chi connectivity index (χ2n) is 8.02. The molecule has 0 atom stereocenters. The summed E-state index contributed by atoms with van der Waals surface area (Å²) in [5, 5.41) is 7.98. The topological polar surface area (TPSA) is 88.8 Å². The number of carbonyl (C=O) groups excluding carboxylic acids is 1. The molecule has 0 saturated carbocycles. The van der Waals surface area contributed by atoms with Crippen molar-refractivity contribution >= 4 is 28.7 Å². The molecule has 0 radical (unpaired) electrons. The van der Waals surface area contributed by atoms with Crippen molar-refractivity contribution in [3.63, 3.8) is 0 Å². The summed E-state index contributed by atoms with van der Waals surface area (Å²) in [7, 11) is 1.70. The van der Waals surface area contributed by atoms with Crippen molar-refractivity contribution in [1.29, 1.82) is 0 Å². The highest BCUT2D eigenvalue weighted by atomic mass is 19.3. The van der Waals surface area contributed by atoms with Crippen molar-refractivity contribution in [2.75, 3.05) is 25.0 Å². The molecule has 29 heavy (non-hydrogen) atoms. The minimum absolute atomic E-state index is 0.0421. The number of ether oxygens (including phenoxy) is 1. The molecule has 9 nitrogen and oxygen atoms in total. The van der Waals surface area contributed by atoms with Crippen molar-refractivity contribution in [3.8, 4) is 0 Å². The Morgan fingerprint density at radius 2 is 2.07 bits per heavy atom. The summed E-state index contributed by atoms with van der Waals surface area (Å²) in [4.78, 5) is 24.3. The monoisotopic (exact) mass is 405 g/mol. The second-order valence-corrected chi connectivity index (χ2v) is 8.02. The standard InChI is InChI=1S/C18H21F2N7O2/c1-18(2,3)29-17(28)25(4)11-7-26(8-11)15-16-24-22-9-27(16)12-5-10(13(19)20)6-21-14(12)23-15/h5-6,9,11,13H,7-8H2,1-4H3. The number of nitrogens with zero attached hydrogens (tertiary/aromatic N) is 7. The van der Waals surface area contributed by atoms with E-state index in [1.54, 1.807) is 16.3 Å². The molecule has 4 rings (SSSR count). The fourth-order valence-electron chi connectivity index (χ4n) is 3.13. The Morgan fingerprint density at radius 1 is 1.34 bits per heavy atom. The maximum atomic E-state index is 13.0. The first kappa shape index (κ1) is 19.2. The lowest BCUT2D eigenvalue weighted by atomic mass is 10.1. The van der Waals surface area contributed by atoms with Gasteiger partial charge in [-0.25, -0.2) is 23.5 Å². The van der Waals surface area contributed by atoms with Crippen LogP contribution in [0.25, 0.3) is 16.8 Å². The van der Waals surface area contributed by atoms with Gasteiger partial charge in [-0.3, -0.25) is 4.40 Å². The molecule has 1 aliphatic heterocycles. The zero-order chi connectivity index (χ0) is 20.9. The molecule has 0 unspecified atom stereocenters. The molecular weight excluding hydrogens is 384 g/mol. The zero-order valence-corrected chi connectivity index (χ0v) is 16.5. The van der Waals surface area contributed by atoms with Crippen LogP contribution in [0.1, 0.15) is 32.8 Å². The fraction of sp³-hybridized carbons (Fsp3) is 0.500. The number of fused-ring (bicyclic) bond motifs is 3. The molecule has 0 aliphatic carbocycles. The number of halogens is 2. The van der Waals surface area contributed by atoms with E-state index in [1.165, 1.54) is 12.4 Å². The summed E-state index contributed by atoms with van der Waals surface area (Å²) < 4.78 is 33.1. The number of anilines is 1. The largest absolute Gasteiger partial charge is 0.444 e. The fourth-order valence-corrected chi connectivity index (χ4v) is 3.13. The van der Waals surface area contributed by atoms with Gasteiger partial charge >= 0.3 is 6.09 Å². The van der Waals surface area contributed by atoms with Crippen molar-refractivity contribution < 1.29 is 18.3 Å². The molecule has 0 bridgehead atoms. The molecule has 1 amide bonds. The Kier molecular flexibility index (Phi) is 4.47. The molecule has 11 heteroatoms. The van der Waals surface area contributed by atoms with Gasteiger partial charge in [0.2, 0.25) is 5.65 Å². The minimum atomic E-state index is -2.63. The van der Waals surface area contributed by atoms with Crippen molar-refractivity contribution in [2.45, 2.75) is 38.8 Å². The van der Waals surface area contributed by atoms with Crippen LogP contribution >= 0.6 is 0 Å². The number of pyridine rings is 1. The Bertz CT molecular complexity index is 1070. The van der Waals surface area contributed by atoms with Crippen LogP contribution in [0.5, 0.6) is 0 Å². The Labute approximate surface area is 165 Å². The maximum Gasteiger partial charge on any atom is 0.410 e. The number of aromatic nitrogens is 5. The molecule has 0 aromatic carbocycles. The molecule has 0 spiro atoms. The lowest BCUT2D eigenvalue weighted by Crippen LogP contribution is -2.60. The second kappa shape index (κ2) is 6.75. The number of carbonyl (C=O) groups is 1. The van der Waals surface area contributed by atoms with Gasteiger partial charge in [-0.1, -0.05) is 0 Å². The zero-order valence-electron chi connectivity index (χ0n) is 16.5. The van der Waals surface area contributed by atoms with Crippen LogP contribution in [0.4, 0.5) is 19.4 Å². The Hall–Kier alpha value is -3.11. The van der Waals surface area contributed by atoms with Crippen LogP contribution in [0.3, 0.4) is 0 Å². The molecule has 3 aromatic rings. The van der Waals surface area contributed by atoms with E-state index in [4.69, 9.17) is 4.74 Å². The van der Waals surface area contributed by atoms with Gasteiger partial charge in [-0.2, -0.15) is 0 Å². The first-order chi connectivity index (χ1) is 13.6. The van der Waals surface area contributed by atoms with E-state index >= 15 is 0 Å². The average molecular weight is 405 g/mol. The van der Waals surface area contributed by atoms with E-state index in [1.807, 2.05) is 25.7 Å². The van der Waals surface area contributed by atoms with Crippen molar-refractivity contribution in [3.05, 3.63) is 24.2 Å². The lowest BCUT2D eigenvalue weighted by Gasteiger charge is -2.44. The quantitative estimate of drug-likeness (QED) is 0.662. The number of hydrogen-bond acceptors (Lipinski definition) is 7. The number of alkyl halides is 2. The van der Waals surface area contributed by atoms with E-state index in [-0.39, 0.29) is 17.7 Å². The van der Waals surface area contributed by atoms with Crippen LogP contribution < -0.4 is 4.90 Å². The molecule has 154 valence electrons. The molecule has 1 aliphatic rings. The number of hydrogen-bond donors (Lipinski definition) is 0. The van der Waals surface area contributed by atoms with Gasteiger partial charge in [0, 0.05) is 31.9 Å². The highest BCUT2D eigenvalue weighted by molar-refractivity contribution is 5.81. The van der Waals surface area contributed by atoms with Crippen molar-refractivity contribution in [1.82, 2.24) is 29.5 Å². The van der Waals surface area contributed by atoms with E-state index < -0.39 is 12.0 Å². The summed E-state index contributed by atoms with van der Waals surface area (Å²) >= 11 is 0. The van der Waals surface area contributed by atoms with Crippen LogP contribution in [-0.2, 0) is 4.74 Å². The normalized spacial score (nSPS) is 15.2. The summed E-state index contributed by atoms with van der Waals surface area (Å²) in [5.41, 5.74) is 0.426. The SMILES string of the molecule is CN(C(=O)OC(C)(C)C)C1CN(c2nc3ncc(C(F)F)cc3n3cnnc23)C1. The number of likely N-dealkylation sites (N-methyl/N-ethyl adjacent to an activating group) is 1. The van der Waals surface area contributed by atoms with Gasteiger partial charge in [-0.05, 0) is 26.8 Å². The van der Waals surface area contributed by atoms with E-state index in [2.05, 4.69) is 20.2 Å². The third kappa shape index (κ3) is 3.52. The van der Waals surface area contributed by atoms with E-state index in [9.17, 15) is 13.6 Å². The summed E-state index contributed by atoms with van der Waals surface area (Å²) in [6, 6.07) is 1.30. The lowest BCUT2D eigenvalue weighted by molar-refractivity contribution is 0.0196. The van der Waals surface area contributed by atoms with Crippen molar-refractivity contribution in [2.24, 2.45) is 0 Å². The van der Waals surface area contributed by atoms with Gasteiger partial charge in [-0.15, -0.1) is 10.2 Å². The van der Waals surface area contributed by atoms with Gasteiger partial charge in [0.05, 0.1) is 11.6 Å². The van der Waals surface area contributed by atoms with Crippen LogP contribution in [-0.4, -0.2) is 67.3 Å². The number of amides is 1. The van der Waals surface area contributed by atoms with Gasteiger partial charge in [0.25, 0.3) is 6.43 Å². The first-order valence-electron chi connectivity index (χ1n) is 9.12. The maximum absolute atomic E-state index is 13.0. The van der Waals surface area contributed by atoms with Crippen LogP contribution in [0.2, 0.25) is 0 Å². The molecule has 0 N–H and O–H groups in total. The molecule has 3 aromatic heterocycles. The Morgan fingerprint density at radius 3 is 2.72 bits per heavy atom. The van der Waals surface area contributed by atoms with Gasteiger partial charge in [0.15, 0.2) is 11.5 Å². The smallest absolute Gasteiger partial charge is 0.410 e. The van der Waals surface area contributed by atoms with Gasteiger partial charge in [0.1, 0.15) is 11.9 Å². The summed E-state index contributed by atoms with van der Waals surface area (Å²) in [5.74, 6) is 0.543. The molecule has 1 fully saturated rings. The third-order valence-corrected chi connectivity index (χ3v) is 4.73. The van der Waals surface area contributed by atoms with Crippen LogP contribution in [0.15, 0.2) is 18.6 Å². The Balaban J connectivity index is 1.59. The average Bonchev–Trinajstić information content (AvgIpc) is 3.08. The highest BCUT2D eigenvalue weighted by Crippen LogP contribution is 2.29. The highest BCUT2D eigenvalue weighted by Gasteiger charge is 2.36. The molecular formula is C18H21F2N7O2. The van der Waals surface area contributed by atoms with Crippen LogP contribution in [0, 0.1) is 0 Å².